The minimum atomic E-state index is 0.129. The summed E-state index contributed by atoms with van der Waals surface area (Å²) in [6, 6.07) is 6.26. The van der Waals surface area contributed by atoms with Gasteiger partial charge in [0.15, 0.2) is 0 Å². The van der Waals surface area contributed by atoms with Crippen LogP contribution in [0.1, 0.15) is 39.8 Å². The fourth-order valence-corrected chi connectivity index (χ4v) is 4.10. The number of amides is 1. The van der Waals surface area contributed by atoms with Crippen LogP contribution in [0.3, 0.4) is 0 Å². The molecule has 0 aliphatic carbocycles. The Morgan fingerprint density at radius 3 is 2.83 bits per heavy atom. The van der Waals surface area contributed by atoms with Crippen molar-refractivity contribution in [1.82, 2.24) is 19.3 Å². The average Bonchev–Trinajstić information content (AvgIpc) is 3.22. The predicted molar refractivity (Wildman–Crippen MR) is 89.9 cm³/mol. The summed E-state index contributed by atoms with van der Waals surface area (Å²) in [5, 5.41) is 0. The quantitative estimate of drug-likeness (QED) is 0.727. The van der Waals surface area contributed by atoms with Gasteiger partial charge in [-0.2, -0.15) is 0 Å². The summed E-state index contributed by atoms with van der Waals surface area (Å²) < 4.78 is 2.16. The van der Waals surface area contributed by atoms with Gasteiger partial charge in [-0.3, -0.25) is 4.79 Å². The van der Waals surface area contributed by atoms with Crippen molar-refractivity contribution in [2.24, 2.45) is 0 Å². The lowest BCUT2D eigenvalue weighted by molar-refractivity contribution is 0.0716. The van der Waals surface area contributed by atoms with Gasteiger partial charge in [0.2, 0.25) is 0 Å². The highest BCUT2D eigenvalue weighted by atomic mass is 32.1. The van der Waals surface area contributed by atoms with Gasteiger partial charge < -0.3 is 9.30 Å². The summed E-state index contributed by atoms with van der Waals surface area (Å²) in [4.78, 5) is 23.9. The molecule has 0 aromatic carbocycles. The molecule has 6 heteroatoms. The second-order valence-electron chi connectivity index (χ2n) is 5.94. The van der Waals surface area contributed by atoms with Gasteiger partial charge in [0, 0.05) is 37.1 Å². The van der Waals surface area contributed by atoms with E-state index in [1.54, 1.807) is 5.51 Å². The maximum Gasteiger partial charge on any atom is 0.265 e. The molecule has 0 atom stereocenters. The van der Waals surface area contributed by atoms with E-state index in [9.17, 15) is 4.79 Å². The number of rotatable bonds is 2. The molecular formula is C17H18N4OS. The second-order valence-corrected chi connectivity index (χ2v) is 6.79. The Morgan fingerprint density at radius 1 is 1.26 bits per heavy atom. The first-order valence-electron chi connectivity index (χ1n) is 7.85. The van der Waals surface area contributed by atoms with Gasteiger partial charge in [0.1, 0.15) is 10.5 Å². The highest BCUT2D eigenvalue weighted by molar-refractivity contribution is 7.11. The van der Waals surface area contributed by atoms with Crippen LogP contribution in [0.5, 0.6) is 0 Å². The van der Waals surface area contributed by atoms with Crippen LogP contribution in [0.25, 0.3) is 5.65 Å². The largest absolute Gasteiger partial charge is 0.338 e. The number of aryl methyl sites for hydroxylation is 1. The summed E-state index contributed by atoms with van der Waals surface area (Å²) >= 11 is 1.44. The molecule has 3 aromatic rings. The maximum atomic E-state index is 12.6. The fraction of sp³-hybridized carbons (Fsp3) is 0.353. The molecule has 0 unspecified atom stereocenters. The van der Waals surface area contributed by atoms with Crippen molar-refractivity contribution in [1.29, 1.82) is 0 Å². The summed E-state index contributed by atoms with van der Waals surface area (Å²) in [6.07, 6.45) is 5.83. The van der Waals surface area contributed by atoms with E-state index in [0.29, 0.717) is 5.92 Å². The van der Waals surface area contributed by atoms with E-state index in [2.05, 4.69) is 26.5 Å². The zero-order valence-corrected chi connectivity index (χ0v) is 13.8. The van der Waals surface area contributed by atoms with Crippen LogP contribution >= 0.6 is 11.3 Å². The van der Waals surface area contributed by atoms with Crippen LogP contribution in [0.2, 0.25) is 0 Å². The summed E-state index contributed by atoms with van der Waals surface area (Å²) in [7, 11) is 0. The van der Waals surface area contributed by atoms with Crippen LogP contribution < -0.4 is 0 Å². The number of carbonyl (C=O) groups is 1. The van der Waals surface area contributed by atoms with Gasteiger partial charge in [-0.15, -0.1) is 11.3 Å². The van der Waals surface area contributed by atoms with Crippen LogP contribution in [0.15, 0.2) is 36.1 Å². The number of pyridine rings is 1. The number of hydrogen-bond acceptors (Lipinski definition) is 4. The number of carbonyl (C=O) groups excluding carboxylic acids is 1. The molecule has 1 fully saturated rings. The third-order valence-corrected chi connectivity index (χ3v) is 5.52. The minimum absolute atomic E-state index is 0.129. The number of piperidine rings is 1. The van der Waals surface area contributed by atoms with E-state index in [-0.39, 0.29) is 5.91 Å². The van der Waals surface area contributed by atoms with Gasteiger partial charge in [0.05, 0.1) is 11.2 Å². The topological polar surface area (TPSA) is 50.5 Å². The number of hydrogen-bond donors (Lipinski definition) is 0. The Balaban J connectivity index is 1.50. The molecule has 1 amide bonds. The van der Waals surface area contributed by atoms with Gasteiger partial charge in [-0.05, 0) is 31.9 Å². The van der Waals surface area contributed by atoms with Crippen molar-refractivity contribution in [2.75, 3.05) is 13.1 Å². The average molecular weight is 326 g/mol. The Labute approximate surface area is 138 Å². The van der Waals surface area contributed by atoms with Crippen molar-refractivity contribution >= 4 is 22.9 Å². The number of fused-ring (bicyclic) bond motifs is 1. The first-order valence-corrected chi connectivity index (χ1v) is 8.73. The predicted octanol–water partition coefficient (Wildman–Crippen LogP) is 3.12. The highest BCUT2D eigenvalue weighted by Crippen LogP contribution is 2.29. The molecule has 4 rings (SSSR count). The first kappa shape index (κ1) is 14.4. The molecule has 0 radical (unpaired) electrons. The Hall–Kier alpha value is -2.21. The number of thiazole rings is 1. The fourth-order valence-electron chi connectivity index (χ4n) is 3.33. The molecule has 3 aromatic heterocycles. The van der Waals surface area contributed by atoms with Crippen LogP contribution in [0.4, 0.5) is 0 Å². The lowest BCUT2D eigenvalue weighted by Crippen LogP contribution is -2.38. The Morgan fingerprint density at radius 2 is 2.09 bits per heavy atom. The summed E-state index contributed by atoms with van der Waals surface area (Å²) in [6.45, 7) is 3.49. The van der Waals surface area contributed by atoms with E-state index in [0.717, 1.165) is 42.1 Å². The van der Waals surface area contributed by atoms with Crippen molar-refractivity contribution in [2.45, 2.75) is 25.7 Å². The molecular weight excluding hydrogens is 308 g/mol. The lowest BCUT2D eigenvalue weighted by Gasteiger charge is -2.32. The lowest BCUT2D eigenvalue weighted by atomic mass is 9.92. The van der Waals surface area contributed by atoms with Gasteiger partial charge in [0.25, 0.3) is 5.91 Å². The number of likely N-dealkylation sites (tertiary alicyclic amines) is 1. The molecule has 0 N–H and O–H groups in total. The molecule has 1 aliphatic heterocycles. The maximum absolute atomic E-state index is 12.6. The van der Waals surface area contributed by atoms with E-state index >= 15 is 0 Å². The van der Waals surface area contributed by atoms with E-state index < -0.39 is 0 Å². The monoisotopic (exact) mass is 326 g/mol. The smallest absolute Gasteiger partial charge is 0.265 e. The van der Waals surface area contributed by atoms with E-state index in [4.69, 9.17) is 0 Å². The van der Waals surface area contributed by atoms with Crippen molar-refractivity contribution < 1.29 is 4.79 Å². The van der Waals surface area contributed by atoms with Gasteiger partial charge in [-0.1, -0.05) is 6.07 Å². The molecule has 0 spiro atoms. The zero-order chi connectivity index (χ0) is 15.8. The van der Waals surface area contributed by atoms with Crippen LogP contribution in [0, 0.1) is 6.92 Å². The van der Waals surface area contributed by atoms with E-state index in [1.165, 1.54) is 17.0 Å². The van der Waals surface area contributed by atoms with Crippen LogP contribution in [-0.2, 0) is 0 Å². The SMILES string of the molecule is Cc1ncsc1C(=O)N1CCC(c2cccc3nccn23)CC1. The third-order valence-electron chi connectivity index (χ3n) is 4.60. The molecule has 5 nitrogen and oxygen atoms in total. The van der Waals surface area contributed by atoms with Gasteiger partial charge >= 0.3 is 0 Å². The summed E-state index contributed by atoms with van der Waals surface area (Å²) in [5.74, 6) is 0.601. The second kappa shape index (κ2) is 5.77. The Kier molecular flexibility index (Phi) is 3.61. The van der Waals surface area contributed by atoms with Crippen LogP contribution in [-0.4, -0.2) is 38.3 Å². The minimum Gasteiger partial charge on any atom is -0.338 e. The van der Waals surface area contributed by atoms with Crippen molar-refractivity contribution in [3.05, 3.63) is 52.4 Å². The molecule has 1 saturated heterocycles. The molecule has 0 bridgehead atoms. The number of imidazole rings is 1. The van der Waals surface area contributed by atoms with Crippen molar-refractivity contribution in [3.63, 3.8) is 0 Å². The molecule has 4 heterocycles. The normalized spacial score (nSPS) is 16.1. The van der Waals surface area contributed by atoms with Gasteiger partial charge in [-0.25, -0.2) is 9.97 Å². The Bertz CT molecular complexity index is 845. The zero-order valence-electron chi connectivity index (χ0n) is 13.0. The highest BCUT2D eigenvalue weighted by Gasteiger charge is 2.27. The molecule has 1 aliphatic rings. The number of nitrogens with zero attached hydrogens (tertiary/aromatic N) is 4. The van der Waals surface area contributed by atoms with E-state index in [1.807, 2.05) is 30.3 Å². The number of aromatic nitrogens is 3. The standard InChI is InChI=1S/C17H18N4OS/c1-12-16(23-11-19-12)17(22)20-8-5-13(6-9-20)14-3-2-4-15-18-7-10-21(14)15/h2-4,7,10-11,13H,5-6,8-9H2,1H3. The molecule has 0 saturated carbocycles. The van der Waals surface area contributed by atoms with Crippen molar-refractivity contribution in [3.8, 4) is 0 Å². The molecule has 23 heavy (non-hydrogen) atoms. The molecule has 118 valence electrons. The first-order chi connectivity index (χ1) is 11.2. The third kappa shape index (κ3) is 2.53. The summed E-state index contributed by atoms with van der Waals surface area (Å²) in [5.41, 5.74) is 4.86.